The summed E-state index contributed by atoms with van der Waals surface area (Å²) in [5, 5.41) is 11.9. The van der Waals surface area contributed by atoms with Crippen molar-refractivity contribution in [3.63, 3.8) is 0 Å². The minimum absolute atomic E-state index is 0.158. The number of aromatic nitrogens is 1. The summed E-state index contributed by atoms with van der Waals surface area (Å²) in [5.41, 5.74) is 8.31. The van der Waals surface area contributed by atoms with Gasteiger partial charge in [-0.3, -0.25) is 25.2 Å². The molecule has 2 amide bonds. The van der Waals surface area contributed by atoms with Crippen LogP contribution in [0, 0.1) is 12.8 Å². The van der Waals surface area contributed by atoms with Crippen molar-refractivity contribution in [2.45, 2.75) is 58.6 Å². The Morgan fingerprint density at radius 1 is 1.17 bits per heavy atom. The highest BCUT2D eigenvalue weighted by Gasteiger charge is 2.30. The number of hydrazine groups is 1. The van der Waals surface area contributed by atoms with Gasteiger partial charge in [0.2, 0.25) is 5.91 Å². The van der Waals surface area contributed by atoms with Crippen LogP contribution in [0.3, 0.4) is 0 Å². The van der Waals surface area contributed by atoms with Gasteiger partial charge in [-0.05, 0) is 68.5 Å². The number of hydrogen-bond donors (Lipinski definition) is 3. The molecule has 1 saturated heterocycles. The number of aryl methyl sites for hydroxylation is 1. The molecule has 1 fully saturated rings. The van der Waals surface area contributed by atoms with Gasteiger partial charge in [-0.15, -0.1) is 0 Å². The monoisotopic (exact) mass is 490 g/mol. The van der Waals surface area contributed by atoms with Crippen LogP contribution in [0.4, 0.5) is 0 Å². The van der Waals surface area contributed by atoms with Crippen molar-refractivity contribution in [3.05, 3.63) is 71.4 Å². The smallest absolute Gasteiger partial charge is 0.265 e. The molecule has 1 aliphatic rings. The number of nitrogens with zero attached hydrogens (tertiary/aromatic N) is 2. The van der Waals surface area contributed by atoms with Gasteiger partial charge in [-0.25, -0.2) is 10.5 Å². The number of carbonyl (C=O) groups excluding carboxylic acids is 2. The lowest BCUT2D eigenvalue weighted by Crippen LogP contribution is -2.52. The fourth-order valence-electron chi connectivity index (χ4n) is 4.95. The van der Waals surface area contributed by atoms with Crippen molar-refractivity contribution in [3.8, 4) is 5.75 Å². The molecule has 0 radical (unpaired) electrons. The summed E-state index contributed by atoms with van der Waals surface area (Å²) in [7, 11) is 0. The molecule has 2 unspecified atom stereocenters. The topological polar surface area (TPSA) is 104 Å². The average Bonchev–Trinajstić information content (AvgIpc) is 2.89. The summed E-state index contributed by atoms with van der Waals surface area (Å²) >= 11 is 0. The molecule has 2 heterocycles. The van der Waals surface area contributed by atoms with Gasteiger partial charge in [0.15, 0.2) is 0 Å². The van der Waals surface area contributed by atoms with Gasteiger partial charge in [0.05, 0.1) is 5.52 Å². The van der Waals surface area contributed by atoms with Gasteiger partial charge < -0.3 is 4.74 Å². The highest BCUT2D eigenvalue weighted by Crippen LogP contribution is 2.27. The summed E-state index contributed by atoms with van der Waals surface area (Å²) < 4.78 is 6.02. The van der Waals surface area contributed by atoms with E-state index in [4.69, 9.17) is 9.94 Å². The van der Waals surface area contributed by atoms with Gasteiger partial charge in [0.1, 0.15) is 12.4 Å². The molecule has 0 bridgehead atoms. The van der Waals surface area contributed by atoms with Crippen LogP contribution in [-0.4, -0.2) is 39.6 Å². The first-order valence-electron chi connectivity index (χ1n) is 12.6. The van der Waals surface area contributed by atoms with E-state index in [1.165, 1.54) is 0 Å². The SMILES string of the molecule is CCCC1CC(CC(=O)NO)CCN1NC(=O)c1ccc(OCc2cc(C)nc3ccccc23)cc1. The van der Waals surface area contributed by atoms with Crippen molar-refractivity contribution in [1.29, 1.82) is 0 Å². The van der Waals surface area contributed by atoms with Crippen molar-refractivity contribution in [1.82, 2.24) is 20.9 Å². The maximum atomic E-state index is 12.9. The van der Waals surface area contributed by atoms with Crippen LogP contribution >= 0.6 is 0 Å². The van der Waals surface area contributed by atoms with Gasteiger partial charge in [0.25, 0.3) is 5.91 Å². The highest BCUT2D eigenvalue weighted by atomic mass is 16.5. The van der Waals surface area contributed by atoms with Crippen LogP contribution in [0.25, 0.3) is 10.9 Å². The predicted octanol–water partition coefficient (Wildman–Crippen LogP) is 4.54. The van der Waals surface area contributed by atoms with E-state index in [-0.39, 0.29) is 23.8 Å². The Labute approximate surface area is 211 Å². The van der Waals surface area contributed by atoms with Gasteiger partial charge >= 0.3 is 0 Å². The van der Waals surface area contributed by atoms with Crippen molar-refractivity contribution in [2.24, 2.45) is 5.92 Å². The third-order valence-corrected chi connectivity index (χ3v) is 6.73. The van der Waals surface area contributed by atoms with E-state index < -0.39 is 0 Å². The number of nitrogens with one attached hydrogen (secondary N) is 2. The molecule has 3 aromatic rings. The molecule has 0 saturated carbocycles. The highest BCUT2D eigenvalue weighted by molar-refractivity contribution is 5.94. The zero-order valence-electron chi connectivity index (χ0n) is 20.9. The summed E-state index contributed by atoms with van der Waals surface area (Å²) in [6.45, 7) is 5.17. The van der Waals surface area contributed by atoms with Crippen LogP contribution in [0.15, 0.2) is 54.6 Å². The molecule has 190 valence electrons. The molecular weight excluding hydrogens is 456 g/mol. The molecule has 0 spiro atoms. The second-order valence-electron chi connectivity index (χ2n) is 9.46. The minimum atomic E-state index is -0.359. The van der Waals surface area contributed by atoms with Crippen LogP contribution in [0.1, 0.15) is 60.6 Å². The van der Waals surface area contributed by atoms with E-state index in [1.807, 2.05) is 54.4 Å². The van der Waals surface area contributed by atoms with E-state index in [1.54, 1.807) is 17.6 Å². The first-order chi connectivity index (χ1) is 17.5. The van der Waals surface area contributed by atoms with Crippen LogP contribution in [0.2, 0.25) is 0 Å². The first kappa shape index (κ1) is 25.6. The van der Waals surface area contributed by atoms with Gasteiger partial charge in [-0.1, -0.05) is 31.5 Å². The zero-order chi connectivity index (χ0) is 25.5. The molecule has 2 atom stereocenters. The Hall–Kier alpha value is -3.49. The maximum absolute atomic E-state index is 12.9. The second kappa shape index (κ2) is 12.0. The number of amides is 2. The van der Waals surface area contributed by atoms with E-state index in [0.717, 1.165) is 47.8 Å². The summed E-state index contributed by atoms with van der Waals surface area (Å²) in [6.07, 6.45) is 3.79. The predicted molar refractivity (Wildman–Crippen MR) is 137 cm³/mol. The van der Waals surface area contributed by atoms with Gasteiger partial charge in [-0.2, -0.15) is 0 Å². The fraction of sp³-hybridized carbons (Fsp3) is 0.393. The summed E-state index contributed by atoms with van der Waals surface area (Å²) in [4.78, 5) is 29.1. The zero-order valence-corrected chi connectivity index (χ0v) is 20.9. The van der Waals surface area contributed by atoms with Crippen molar-refractivity contribution >= 4 is 22.7 Å². The number of pyridine rings is 1. The van der Waals surface area contributed by atoms with E-state index >= 15 is 0 Å². The number of fused-ring (bicyclic) bond motifs is 1. The lowest BCUT2D eigenvalue weighted by molar-refractivity contribution is -0.130. The summed E-state index contributed by atoms with van der Waals surface area (Å²) in [5.74, 6) is 0.365. The molecule has 8 heteroatoms. The number of hydroxylamine groups is 1. The number of carbonyl (C=O) groups is 2. The molecule has 2 aromatic carbocycles. The second-order valence-corrected chi connectivity index (χ2v) is 9.46. The van der Waals surface area contributed by atoms with E-state index in [0.29, 0.717) is 30.9 Å². The molecule has 36 heavy (non-hydrogen) atoms. The molecular formula is C28H34N4O4. The standard InChI is InChI=1S/C28H34N4O4/c1-3-6-23-16-20(17-27(33)31-35)13-14-32(23)30-28(34)21-9-11-24(12-10-21)36-18-22-15-19(2)29-26-8-5-4-7-25(22)26/h4-5,7-12,15,20,23,35H,3,6,13-14,16-18H2,1-2H3,(H,30,34)(H,31,33). The summed E-state index contributed by atoms with van der Waals surface area (Å²) in [6, 6.07) is 17.4. The van der Waals surface area contributed by atoms with Crippen LogP contribution in [0.5, 0.6) is 5.75 Å². The Balaban J connectivity index is 1.35. The van der Waals surface area contributed by atoms with Gasteiger partial charge in [0, 0.05) is 41.2 Å². The normalized spacial score (nSPS) is 18.1. The Bertz CT molecular complexity index is 1200. The Kier molecular flexibility index (Phi) is 8.51. The van der Waals surface area contributed by atoms with Crippen molar-refractivity contribution in [2.75, 3.05) is 6.54 Å². The maximum Gasteiger partial charge on any atom is 0.265 e. The lowest BCUT2D eigenvalue weighted by atomic mass is 9.87. The molecule has 8 nitrogen and oxygen atoms in total. The number of para-hydroxylation sites is 1. The molecule has 1 aliphatic heterocycles. The van der Waals surface area contributed by atoms with Crippen LogP contribution < -0.4 is 15.6 Å². The fourth-order valence-corrected chi connectivity index (χ4v) is 4.95. The Morgan fingerprint density at radius 3 is 2.69 bits per heavy atom. The minimum Gasteiger partial charge on any atom is -0.489 e. The Morgan fingerprint density at radius 2 is 1.94 bits per heavy atom. The van der Waals surface area contributed by atoms with E-state index in [2.05, 4.69) is 17.3 Å². The molecule has 3 N–H and O–H groups in total. The first-order valence-corrected chi connectivity index (χ1v) is 12.6. The molecule has 0 aliphatic carbocycles. The number of piperidine rings is 1. The number of benzene rings is 2. The van der Waals surface area contributed by atoms with E-state index in [9.17, 15) is 9.59 Å². The number of rotatable bonds is 9. The third-order valence-electron chi connectivity index (χ3n) is 6.73. The average molecular weight is 491 g/mol. The van der Waals surface area contributed by atoms with Crippen molar-refractivity contribution < 1.29 is 19.5 Å². The molecule has 1 aromatic heterocycles. The number of hydrogen-bond acceptors (Lipinski definition) is 6. The molecule has 4 rings (SSSR count). The largest absolute Gasteiger partial charge is 0.489 e. The lowest BCUT2D eigenvalue weighted by Gasteiger charge is -2.39. The quantitative estimate of drug-likeness (QED) is 0.300. The number of ether oxygens (including phenoxy) is 1. The third kappa shape index (κ3) is 6.38. The van der Waals surface area contributed by atoms with Crippen LogP contribution in [-0.2, 0) is 11.4 Å².